The monoisotopic (exact) mass is 411 g/mol. The van der Waals surface area contributed by atoms with Crippen molar-refractivity contribution >= 4 is 22.9 Å². The van der Waals surface area contributed by atoms with Gasteiger partial charge in [-0.3, -0.25) is 14.4 Å². The van der Waals surface area contributed by atoms with Gasteiger partial charge in [0.25, 0.3) is 5.56 Å². The molecule has 0 amide bonds. The van der Waals surface area contributed by atoms with Gasteiger partial charge in [-0.05, 0) is 25.1 Å². The summed E-state index contributed by atoms with van der Waals surface area (Å²) < 4.78 is 20.9. The molecule has 3 aromatic rings. The van der Waals surface area contributed by atoms with Crippen molar-refractivity contribution in [3.63, 3.8) is 0 Å². The Morgan fingerprint density at radius 1 is 1.27 bits per heavy atom. The fourth-order valence-corrected chi connectivity index (χ4v) is 3.50. The van der Waals surface area contributed by atoms with Crippen molar-refractivity contribution in [2.45, 2.75) is 19.3 Å². The number of nitrogens with one attached hydrogen (secondary N) is 1. The number of fused-ring (bicyclic) bond motifs is 2. The van der Waals surface area contributed by atoms with Gasteiger partial charge in [-0.2, -0.15) is 0 Å². The first-order valence-electron chi connectivity index (χ1n) is 9.17. The number of carbonyl (C=O) groups is 2. The van der Waals surface area contributed by atoms with Crippen LogP contribution in [-0.4, -0.2) is 30.6 Å². The van der Waals surface area contributed by atoms with E-state index >= 15 is 0 Å². The van der Waals surface area contributed by atoms with Gasteiger partial charge in [-0.25, -0.2) is 4.79 Å². The molecule has 0 saturated heterocycles. The van der Waals surface area contributed by atoms with Gasteiger partial charge in [-0.1, -0.05) is 0 Å². The Hall–Kier alpha value is -3.88. The van der Waals surface area contributed by atoms with Gasteiger partial charge in [0.05, 0.1) is 37.4 Å². The molecule has 154 valence electrons. The quantitative estimate of drug-likeness (QED) is 0.647. The highest BCUT2D eigenvalue weighted by atomic mass is 16.5. The molecule has 0 saturated carbocycles. The zero-order valence-electron chi connectivity index (χ0n) is 16.1. The molecule has 1 aliphatic rings. The summed E-state index contributed by atoms with van der Waals surface area (Å²) in [6.07, 6.45) is 2.09. The molecule has 0 spiro atoms. The molecule has 1 aliphatic heterocycles. The second-order valence-electron chi connectivity index (χ2n) is 6.61. The summed E-state index contributed by atoms with van der Waals surface area (Å²) in [6, 6.07) is 4.76. The molecule has 1 N–H and O–H groups in total. The van der Waals surface area contributed by atoms with Crippen LogP contribution in [0.2, 0.25) is 0 Å². The Morgan fingerprint density at radius 2 is 2.07 bits per heavy atom. The lowest BCUT2D eigenvalue weighted by molar-refractivity contribution is -0.135. The van der Waals surface area contributed by atoms with E-state index in [0.717, 1.165) is 6.20 Å². The molecule has 1 unspecified atom stereocenters. The number of pyridine rings is 1. The molecule has 0 bridgehead atoms. The van der Waals surface area contributed by atoms with E-state index in [2.05, 4.69) is 4.98 Å². The average Bonchev–Trinajstić information content (AvgIpc) is 2.73. The number of esters is 2. The Bertz CT molecular complexity index is 1290. The minimum absolute atomic E-state index is 0.00491. The topological polar surface area (TPSA) is 125 Å². The number of aromatic amines is 1. The van der Waals surface area contributed by atoms with E-state index in [9.17, 15) is 19.2 Å². The molecule has 2 aromatic heterocycles. The largest absolute Gasteiger partial charge is 0.497 e. The van der Waals surface area contributed by atoms with Gasteiger partial charge in [-0.15, -0.1) is 0 Å². The van der Waals surface area contributed by atoms with Crippen LogP contribution in [0.4, 0.5) is 0 Å². The second kappa shape index (κ2) is 7.51. The molecule has 0 fully saturated rings. The first kappa shape index (κ1) is 19.4. The third-order valence-corrected chi connectivity index (χ3v) is 4.89. The number of methoxy groups -OCH3 is 1. The number of benzene rings is 1. The summed E-state index contributed by atoms with van der Waals surface area (Å²) in [7, 11) is 1.47. The fourth-order valence-electron chi connectivity index (χ4n) is 3.50. The normalized spacial score (nSPS) is 15.4. The van der Waals surface area contributed by atoms with Crippen molar-refractivity contribution in [1.29, 1.82) is 0 Å². The maximum absolute atomic E-state index is 13.2. The predicted octanol–water partition coefficient (Wildman–Crippen LogP) is 2.11. The van der Waals surface area contributed by atoms with Crippen molar-refractivity contribution in [3.05, 3.63) is 67.9 Å². The van der Waals surface area contributed by atoms with E-state index < -0.39 is 28.8 Å². The van der Waals surface area contributed by atoms with E-state index in [-0.39, 0.29) is 40.9 Å². The fraction of sp³-hybridized carbons (Fsp3) is 0.238. The lowest BCUT2D eigenvalue weighted by atomic mass is 9.86. The summed E-state index contributed by atoms with van der Waals surface area (Å²) in [6.45, 7) is 1.72. The van der Waals surface area contributed by atoms with E-state index in [1.807, 2.05) is 0 Å². The van der Waals surface area contributed by atoms with Crippen LogP contribution in [0, 0.1) is 0 Å². The lowest BCUT2D eigenvalue weighted by Crippen LogP contribution is -2.32. The first-order valence-corrected chi connectivity index (χ1v) is 9.17. The molecule has 9 nitrogen and oxygen atoms in total. The SMILES string of the molecule is CCOC(=O)c1c[nH]c(=O)c2c1OC(=O)CC2c1coc2ccc(OC)cc2c1=O. The maximum atomic E-state index is 13.2. The van der Waals surface area contributed by atoms with Crippen molar-refractivity contribution in [2.75, 3.05) is 13.7 Å². The van der Waals surface area contributed by atoms with Crippen LogP contribution in [0.3, 0.4) is 0 Å². The van der Waals surface area contributed by atoms with Crippen molar-refractivity contribution < 1.29 is 28.2 Å². The van der Waals surface area contributed by atoms with Crippen molar-refractivity contribution in [2.24, 2.45) is 0 Å². The van der Waals surface area contributed by atoms with Crippen LogP contribution in [-0.2, 0) is 9.53 Å². The van der Waals surface area contributed by atoms with E-state index in [1.54, 1.807) is 19.1 Å². The van der Waals surface area contributed by atoms with Crippen LogP contribution in [0.5, 0.6) is 11.5 Å². The predicted molar refractivity (Wildman–Crippen MR) is 104 cm³/mol. The van der Waals surface area contributed by atoms with E-state index in [4.69, 9.17) is 18.6 Å². The van der Waals surface area contributed by atoms with E-state index in [0.29, 0.717) is 11.3 Å². The Kier molecular flexibility index (Phi) is 4.86. The maximum Gasteiger partial charge on any atom is 0.343 e. The number of H-pyrrole nitrogens is 1. The van der Waals surface area contributed by atoms with Gasteiger partial charge >= 0.3 is 11.9 Å². The summed E-state index contributed by atoms with van der Waals surface area (Å²) in [4.78, 5) is 52.8. The second-order valence-corrected chi connectivity index (χ2v) is 6.61. The van der Waals surface area contributed by atoms with Gasteiger partial charge < -0.3 is 23.6 Å². The highest BCUT2D eigenvalue weighted by Crippen LogP contribution is 2.38. The number of aromatic nitrogens is 1. The van der Waals surface area contributed by atoms with Crippen molar-refractivity contribution in [1.82, 2.24) is 4.98 Å². The molecule has 0 aliphatic carbocycles. The molecule has 3 heterocycles. The Balaban J connectivity index is 1.94. The smallest absolute Gasteiger partial charge is 0.343 e. The first-order chi connectivity index (χ1) is 14.4. The zero-order chi connectivity index (χ0) is 21.4. The van der Waals surface area contributed by atoms with E-state index in [1.165, 1.54) is 19.4 Å². The highest BCUT2D eigenvalue weighted by molar-refractivity contribution is 5.94. The minimum Gasteiger partial charge on any atom is -0.497 e. The standard InChI is InChI=1S/C21H17NO8/c1-3-28-21(26)13-8-22-20(25)17-11(7-16(23)30-19(13)17)14-9-29-15-5-4-10(27-2)6-12(15)18(14)24/h4-6,8-9,11H,3,7H2,1-2H3,(H,22,25). The van der Waals surface area contributed by atoms with Crippen LogP contribution >= 0.6 is 0 Å². The molecule has 1 aromatic carbocycles. The number of ether oxygens (including phenoxy) is 3. The van der Waals surface area contributed by atoms with Gasteiger partial charge in [0.1, 0.15) is 16.9 Å². The number of hydrogen-bond donors (Lipinski definition) is 1. The van der Waals surface area contributed by atoms with Crippen LogP contribution in [0.1, 0.15) is 40.7 Å². The molecule has 30 heavy (non-hydrogen) atoms. The Morgan fingerprint density at radius 3 is 2.80 bits per heavy atom. The third-order valence-electron chi connectivity index (χ3n) is 4.89. The molecule has 9 heteroatoms. The van der Waals surface area contributed by atoms with Gasteiger partial charge in [0.2, 0.25) is 0 Å². The summed E-state index contributed by atoms with van der Waals surface area (Å²) in [5.41, 5.74) is -0.675. The number of hydrogen-bond acceptors (Lipinski definition) is 8. The third kappa shape index (κ3) is 3.14. The molecular weight excluding hydrogens is 394 g/mol. The molecule has 1 atom stereocenters. The molecule has 4 rings (SSSR count). The van der Waals surface area contributed by atoms with Crippen LogP contribution < -0.4 is 20.5 Å². The van der Waals surface area contributed by atoms with Gasteiger partial charge in [0, 0.05) is 17.7 Å². The molecular formula is C21H17NO8. The van der Waals surface area contributed by atoms with Crippen LogP contribution in [0.25, 0.3) is 11.0 Å². The summed E-state index contributed by atoms with van der Waals surface area (Å²) in [5.74, 6) is -2.14. The summed E-state index contributed by atoms with van der Waals surface area (Å²) in [5, 5.41) is 0.241. The average molecular weight is 411 g/mol. The zero-order valence-corrected chi connectivity index (χ0v) is 16.1. The number of rotatable bonds is 4. The minimum atomic E-state index is -0.953. The lowest BCUT2D eigenvalue weighted by Gasteiger charge is -2.24. The van der Waals surface area contributed by atoms with Crippen molar-refractivity contribution in [3.8, 4) is 11.5 Å². The highest BCUT2D eigenvalue weighted by Gasteiger charge is 2.36. The van der Waals surface area contributed by atoms with Gasteiger partial charge in [0.15, 0.2) is 11.2 Å². The summed E-state index contributed by atoms with van der Waals surface area (Å²) >= 11 is 0. The van der Waals surface area contributed by atoms with Crippen LogP contribution in [0.15, 0.2) is 44.7 Å². The Labute approximate surface area is 169 Å². The number of carbonyl (C=O) groups excluding carboxylic acids is 2. The molecule has 0 radical (unpaired) electrons.